The minimum atomic E-state index is 0. The average Bonchev–Trinajstić information content (AvgIpc) is 3.53. The smallest absolute Gasteiger partial charge is 0.144 e. The van der Waals surface area contributed by atoms with E-state index in [2.05, 4.69) is 54.2 Å². The maximum atomic E-state index is 5.97. The SMILES string of the molecule is CCCCCCCCCCCC1=NC(=Cc2[nH]c(-c3ccc[nH]3)cc2OCCC)C=C1.Cl. The number of aromatic nitrogens is 2. The summed E-state index contributed by atoms with van der Waals surface area (Å²) in [6.45, 7) is 5.11. The maximum Gasteiger partial charge on any atom is 0.144 e. The summed E-state index contributed by atoms with van der Waals surface area (Å²) >= 11 is 0. The van der Waals surface area contributed by atoms with E-state index in [1.807, 2.05) is 12.3 Å². The molecule has 0 saturated carbocycles. The molecule has 3 heterocycles. The van der Waals surface area contributed by atoms with Crippen LogP contribution in [0.2, 0.25) is 0 Å². The Balaban J connectivity index is 0.00000363. The normalized spacial score (nSPS) is 14.1. The van der Waals surface area contributed by atoms with E-state index in [0.29, 0.717) is 6.61 Å². The van der Waals surface area contributed by atoms with E-state index in [9.17, 15) is 0 Å². The highest BCUT2D eigenvalue weighted by Gasteiger charge is 2.12. The highest BCUT2D eigenvalue weighted by atomic mass is 35.5. The van der Waals surface area contributed by atoms with Crippen LogP contribution >= 0.6 is 12.4 Å². The highest BCUT2D eigenvalue weighted by Crippen LogP contribution is 2.29. The Labute approximate surface area is 200 Å². The Morgan fingerprint density at radius 1 is 0.906 bits per heavy atom. The summed E-state index contributed by atoms with van der Waals surface area (Å²) in [6, 6.07) is 6.13. The van der Waals surface area contributed by atoms with Gasteiger partial charge in [-0.1, -0.05) is 65.2 Å². The monoisotopic (exact) mass is 457 g/mol. The highest BCUT2D eigenvalue weighted by molar-refractivity contribution is 5.99. The zero-order valence-electron chi connectivity index (χ0n) is 19.8. The van der Waals surface area contributed by atoms with E-state index in [1.165, 1.54) is 63.5 Å². The first-order valence-corrected chi connectivity index (χ1v) is 12.3. The van der Waals surface area contributed by atoms with Crippen LogP contribution in [0.1, 0.15) is 90.2 Å². The molecule has 176 valence electrons. The maximum absolute atomic E-state index is 5.97. The molecule has 0 atom stereocenters. The first-order valence-electron chi connectivity index (χ1n) is 12.3. The Morgan fingerprint density at radius 2 is 1.66 bits per heavy atom. The summed E-state index contributed by atoms with van der Waals surface area (Å²) in [6.07, 6.45) is 22.6. The predicted molar refractivity (Wildman–Crippen MR) is 140 cm³/mol. The molecule has 4 nitrogen and oxygen atoms in total. The minimum absolute atomic E-state index is 0. The molecule has 3 rings (SSSR count). The van der Waals surface area contributed by atoms with Gasteiger partial charge in [0.15, 0.2) is 0 Å². The van der Waals surface area contributed by atoms with Gasteiger partial charge in [0.2, 0.25) is 0 Å². The summed E-state index contributed by atoms with van der Waals surface area (Å²) in [5.41, 5.74) is 5.26. The van der Waals surface area contributed by atoms with Crippen molar-refractivity contribution in [3.8, 4) is 17.1 Å². The number of hydrogen-bond donors (Lipinski definition) is 2. The van der Waals surface area contributed by atoms with E-state index in [4.69, 9.17) is 9.73 Å². The van der Waals surface area contributed by atoms with Crippen LogP contribution in [0, 0.1) is 0 Å². The summed E-state index contributed by atoms with van der Waals surface area (Å²) in [4.78, 5) is 11.6. The molecule has 0 fully saturated rings. The fourth-order valence-electron chi connectivity index (χ4n) is 3.94. The van der Waals surface area contributed by atoms with Gasteiger partial charge in [0.05, 0.1) is 29.4 Å². The van der Waals surface area contributed by atoms with E-state index >= 15 is 0 Å². The van der Waals surface area contributed by atoms with Gasteiger partial charge in [0, 0.05) is 18.0 Å². The molecule has 1 aliphatic heterocycles. The average molecular weight is 458 g/mol. The number of allylic oxidation sites excluding steroid dienone is 2. The summed E-state index contributed by atoms with van der Waals surface area (Å²) in [5.74, 6) is 0.884. The van der Waals surface area contributed by atoms with Gasteiger partial charge in [-0.15, -0.1) is 12.4 Å². The third kappa shape index (κ3) is 8.38. The van der Waals surface area contributed by atoms with Crippen molar-refractivity contribution in [2.45, 2.75) is 84.5 Å². The number of nitrogens with one attached hydrogen (secondary N) is 2. The Hall–Kier alpha value is -2.20. The van der Waals surface area contributed by atoms with Crippen LogP contribution in [0.3, 0.4) is 0 Å². The lowest BCUT2D eigenvalue weighted by Crippen LogP contribution is -1.95. The topological polar surface area (TPSA) is 53.2 Å². The van der Waals surface area contributed by atoms with Crippen molar-refractivity contribution < 1.29 is 4.74 Å². The molecule has 0 aromatic carbocycles. The van der Waals surface area contributed by atoms with Crippen LogP contribution in [0.25, 0.3) is 17.5 Å². The molecular weight excluding hydrogens is 418 g/mol. The Morgan fingerprint density at radius 3 is 2.34 bits per heavy atom. The van der Waals surface area contributed by atoms with Crippen LogP contribution in [-0.2, 0) is 0 Å². The summed E-state index contributed by atoms with van der Waals surface area (Å²) in [7, 11) is 0. The quantitative estimate of drug-likeness (QED) is 0.259. The van der Waals surface area contributed by atoms with Crippen molar-refractivity contribution in [1.82, 2.24) is 9.97 Å². The number of unbranched alkanes of at least 4 members (excludes halogenated alkanes) is 8. The molecule has 1 aliphatic rings. The van der Waals surface area contributed by atoms with Crippen LogP contribution in [0.5, 0.6) is 5.75 Å². The second-order valence-electron chi connectivity index (χ2n) is 8.48. The number of rotatable bonds is 15. The third-order valence-electron chi connectivity index (χ3n) is 5.71. The zero-order chi connectivity index (χ0) is 21.7. The molecule has 32 heavy (non-hydrogen) atoms. The summed E-state index contributed by atoms with van der Waals surface area (Å²) < 4.78 is 5.97. The molecule has 2 aromatic rings. The second-order valence-corrected chi connectivity index (χ2v) is 8.48. The molecule has 0 unspecified atom stereocenters. The number of H-pyrrole nitrogens is 2. The number of ether oxygens (including phenoxy) is 1. The summed E-state index contributed by atoms with van der Waals surface area (Å²) in [5, 5.41) is 0. The first-order chi connectivity index (χ1) is 15.3. The molecule has 0 radical (unpaired) electrons. The number of halogens is 1. The Bertz CT molecular complexity index is 862. The lowest BCUT2D eigenvalue weighted by Gasteiger charge is -2.03. The van der Waals surface area contributed by atoms with Crippen molar-refractivity contribution in [3.05, 3.63) is 47.9 Å². The lowest BCUT2D eigenvalue weighted by molar-refractivity contribution is 0.317. The molecule has 0 amide bonds. The zero-order valence-corrected chi connectivity index (χ0v) is 20.6. The van der Waals surface area contributed by atoms with Crippen LogP contribution in [-0.4, -0.2) is 22.3 Å². The molecule has 0 aliphatic carbocycles. The lowest BCUT2D eigenvalue weighted by atomic mass is 10.1. The van der Waals surface area contributed by atoms with E-state index in [1.54, 1.807) is 0 Å². The van der Waals surface area contributed by atoms with Crippen LogP contribution < -0.4 is 4.74 Å². The van der Waals surface area contributed by atoms with Crippen molar-refractivity contribution >= 4 is 24.2 Å². The Kier molecular flexibility index (Phi) is 12.0. The van der Waals surface area contributed by atoms with Gasteiger partial charge >= 0.3 is 0 Å². The molecule has 0 spiro atoms. The van der Waals surface area contributed by atoms with Crippen molar-refractivity contribution in [2.75, 3.05) is 6.61 Å². The minimum Gasteiger partial charge on any atom is -0.491 e. The van der Waals surface area contributed by atoms with E-state index in [0.717, 1.165) is 41.4 Å². The van der Waals surface area contributed by atoms with Gasteiger partial charge in [-0.3, -0.25) is 4.99 Å². The number of hydrogen-bond acceptors (Lipinski definition) is 2. The van der Waals surface area contributed by atoms with Crippen molar-refractivity contribution in [3.63, 3.8) is 0 Å². The van der Waals surface area contributed by atoms with Gasteiger partial charge in [-0.05, 0) is 49.6 Å². The molecule has 0 bridgehead atoms. The number of aromatic amines is 2. The third-order valence-corrected chi connectivity index (χ3v) is 5.71. The van der Waals surface area contributed by atoms with Crippen LogP contribution in [0.15, 0.2) is 47.2 Å². The second kappa shape index (κ2) is 14.8. The van der Waals surface area contributed by atoms with Gasteiger partial charge in [-0.2, -0.15) is 0 Å². The fraction of sp³-hybridized carbons (Fsp3) is 0.519. The van der Waals surface area contributed by atoms with Gasteiger partial charge in [0.25, 0.3) is 0 Å². The van der Waals surface area contributed by atoms with Gasteiger partial charge in [0.1, 0.15) is 5.75 Å². The van der Waals surface area contributed by atoms with Gasteiger partial charge in [-0.25, -0.2) is 0 Å². The molecule has 2 aromatic heterocycles. The molecule has 0 saturated heterocycles. The van der Waals surface area contributed by atoms with E-state index < -0.39 is 0 Å². The molecule has 2 N–H and O–H groups in total. The van der Waals surface area contributed by atoms with E-state index in [-0.39, 0.29) is 12.4 Å². The largest absolute Gasteiger partial charge is 0.491 e. The number of nitrogens with zero attached hydrogens (tertiary/aromatic N) is 1. The number of aliphatic imine (C=N–C) groups is 1. The van der Waals surface area contributed by atoms with Gasteiger partial charge < -0.3 is 14.7 Å². The first kappa shape index (κ1) is 26.1. The standard InChI is InChI=1S/C27H39N3O.ClH/c1-3-5-6-7-8-9-10-11-12-14-22-16-17-23(29-22)20-26-27(31-19-4-2)21-25(30-26)24-15-13-18-28-24;/h13,15-18,20-21,28,30H,3-12,14,19H2,1-2H3;1H. The fourth-order valence-corrected chi connectivity index (χ4v) is 3.94. The van der Waals surface area contributed by atoms with Crippen molar-refractivity contribution in [2.24, 2.45) is 4.99 Å². The van der Waals surface area contributed by atoms with Crippen LogP contribution in [0.4, 0.5) is 0 Å². The van der Waals surface area contributed by atoms with Crippen molar-refractivity contribution in [1.29, 1.82) is 0 Å². The molecule has 5 heteroatoms. The molecular formula is C27H40ClN3O. The predicted octanol–water partition coefficient (Wildman–Crippen LogP) is 8.49.